The molecule has 0 saturated carbocycles. The summed E-state index contributed by atoms with van der Waals surface area (Å²) in [5, 5.41) is 19.4. The maximum Gasteiger partial charge on any atom is 0.270 e. The molecule has 0 spiro atoms. The number of aliphatic hydroxyl groups excluding tert-OH is 1. The Balaban J connectivity index is 3.07. The fourth-order valence-corrected chi connectivity index (χ4v) is 1.45. The number of nitrogens with zero attached hydrogens (tertiary/aromatic N) is 2. The molecule has 0 unspecified atom stereocenters. The van der Waals surface area contributed by atoms with Crippen molar-refractivity contribution in [3.8, 4) is 0 Å². The lowest BCUT2D eigenvalue weighted by Crippen LogP contribution is -2.29. The van der Waals surface area contributed by atoms with E-state index < -0.39 is 10.8 Å². The van der Waals surface area contributed by atoms with Crippen LogP contribution >= 0.6 is 11.6 Å². The third-order valence-electron chi connectivity index (χ3n) is 2.17. The fourth-order valence-electron chi connectivity index (χ4n) is 1.25. The minimum absolute atomic E-state index is 0.0526. The van der Waals surface area contributed by atoms with Crippen LogP contribution in [0.1, 0.15) is 10.4 Å². The average Bonchev–Trinajstić information content (AvgIpc) is 2.28. The highest BCUT2D eigenvalue weighted by Gasteiger charge is 2.18. The molecule has 1 rings (SSSR count). The van der Waals surface area contributed by atoms with Crippen LogP contribution in [-0.4, -0.2) is 41.0 Å². The zero-order chi connectivity index (χ0) is 13.0. The summed E-state index contributed by atoms with van der Waals surface area (Å²) in [7, 11) is 1.48. The van der Waals surface area contributed by atoms with Gasteiger partial charge in [0.1, 0.15) is 0 Å². The molecule has 0 atom stereocenters. The van der Waals surface area contributed by atoms with Gasteiger partial charge in [-0.15, -0.1) is 0 Å². The second-order valence-corrected chi connectivity index (χ2v) is 3.78. The van der Waals surface area contributed by atoms with Crippen LogP contribution in [0.25, 0.3) is 0 Å². The smallest absolute Gasteiger partial charge is 0.270 e. The van der Waals surface area contributed by atoms with E-state index in [1.807, 2.05) is 0 Å². The van der Waals surface area contributed by atoms with E-state index in [-0.39, 0.29) is 29.4 Å². The molecule has 1 aromatic carbocycles. The van der Waals surface area contributed by atoms with Crippen LogP contribution < -0.4 is 0 Å². The van der Waals surface area contributed by atoms with Crippen LogP contribution in [0.4, 0.5) is 5.69 Å². The maximum absolute atomic E-state index is 11.8. The lowest BCUT2D eigenvalue weighted by Gasteiger charge is -2.16. The Morgan fingerprint density at radius 3 is 2.76 bits per heavy atom. The molecule has 1 amide bonds. The third kappa shape index (κ3) is 3.15. The molecular weight excluding hydrogens is 248 g/mol. The number of aliphatic hydroxyl groups is 1. The van der Waals surface area contributed by atoms with Crippen LogP contribution in [0.2, 0.25) is 5.02 Å². The Bertz CT molecular complexity index is 450. The van der Waals surface area contributed by atoms with E-state index in [0.717, 1.165) is 6.07 Å². The second-order valence-electron chi connectivity index (χ2n) is 3.37. The summed E-state index contributed by atoms with van der Waals surface area (Å²) in [6.07, 6.45) is 0. The zero-order valence-corrected chi connectivity index (χ0v) is 9.85. The molecule has 0 bridgehead atoms. The highest BCUT2D eigenvalue weighted by molar-refractivity contribution is 6.33. The normalized spacial score (nSPS) is 10.1. The van der Waals surface area contributed by atoms with E-state index in [2.05, 4.69) is 0 Å². The molecule has 0 radical (unpaired) electrons. The van der Waals surface area contributed by atoms with E-state index in [0.29, 0.717) is 0 Å². The van der Waals surface area contributed by atoms with Crippen molar-refractivity contribution in [3.05, 3.63) is 38.9 Å². The van der Waals surface area contributed by atoms with Crippen molar-refractivity contribution in [2.45, 2.75) is 0 Å². The van der Waals surface area contributed by atoms with Crippen LogP contribution in [0.5, 0.6) is 0 Å². The quantitative estimate of drug-likeness (QED) is 0.652. The first-order valence-corrected chi connectivity index (χ1v) is 5.15. The third-order valence-corrected chi connectivity index (χ3v) is 2.50. The molecule has 6 nitrogen and oxygen atoms in total. The summed E-state index contributed by atoms with van der Waals surface area (Å²) in [6, 6.07) is 3.66. The van der Waals surface area contributed by atoms with Crippen molar-refractivity contribution in [1.29, 1.82) is 0 Å². The molecular formula is C10H11ClN2O4. The standard InChI is InChI=1S/C10H11ClN2O4/c1-12(4-5-14)10(15)8-6-7(13(16)17)2-3-9(8)11/h2-3,6,14H,4-5H2,1H3. The van der Waals surface area contributed by atoms with Gasteiger partial charge in [-0.1, -0.05) is 11.6 Å². The Hall–Kier alpha value is -1.66. The molecule has 0 heterocycles. The van der Waals surface area contributed by atoms with Crippen LogP contribution in [0.3, 0.4) is 0 Å². The number of hydrogen-bond acceptors (Lipinski definition) is 4. The van der Waals surface area contributed by atoms with Gasteiger partial charge in [-0.3, -0.25) is 14.9 Å². The molecule has 0 saturated heterocycles. The number of carbonyl (C=O) groups is 1. The van der Waals surface area contributed by atoms with E-state index in [4.69, 9.17) is 16.7 Å². The molecule has 0 fully saturated rings. The molecule has 1 N–H and O–H groups in total. The lowest BCUT2D eigenvalue weighted by molar-refractivity contribution is -0.384. The molecule has 0 aliphatic rings. The minimum Gasteiger partial charge on any atom is -0.395 e. The molecule has 92 valence electrons. The van der Waals surface area contributed by atoms with Gasteiger partial charge in [0.2, 0.25) is 0 Å². The first-order valence-electron chi connectivity index (χ1n) is 4.77. The predicted molar refractivity (Wildman–Crippen MR) is 62.2 cm³/mol. The molecule has 7 heteroatoms. The van der Waals surface area contributed by atoms with Gasteiger partial charge in [0.25, 0.3) is 11.6 Å². The topological polar surface area (TPSA) is 83.7 Å². The van der Waals surface area contributed by atoms with Gasteiger partial charge in [0.05, 0.1) is 22.1 Å². The van der Waals surface area contributed by atoms with E-state index in [1.54, 1.807) is 0 Å². The van der Waals surface area contributed by atoms with Crippen molar-refractivity contribution in [1.82, 2.24) is 4.90 Å². The number of non-ortho nitro benzene ring substituents is 1. The van der Waals surface area contributed by atoms with Crippen molar-refractivity contribution in [3.63, 3.8) is 0 Å². The summed E-state index contributed by atoms with van der Waals surface area (Å²) >= 11 is 5.81. The number of rotatable bonds is 4. The number of nitro groups is 1. The molecule has 0 aliphatic carbocycles. The minimum atomic E-state index is -0.598. The molecule has 1 aromatic rings. The van der Waals surface area contributed by atoms with Gasteiger partial charge in [-0.2, -0.15) is 0 Å². The number of likely N-dealkylation sites (N-methyl/N-ethyl adjacent to an activating group) is 1. The van der Waals surface area contributed by atoms with Gasteiger partial charge >= 0.3 is 0 Å². The van der Waals surface area contributed by atoms with Crippen LogP contribution in [0, 0.1) is 10.1 Å². The molecule has 0 aliphatic heterocycles. The van der Waals surface area contributed by atoms with Crippen LogP contribution in [-0.2, 0) is 0 Å². The predicted octanol–water partition coefficient (Wildman–Crippen LogP) is 1.31. The zero-order valence-electron chi connectivity index (χ0n) is 9.09. The second kappa shape index (κ2) is 5.60. The molecule has 17 heavy (non-hydrogen) atoms. The van der Waals surface area contributed by atoms with Gasteiger partial charge in [0.15, 0.2) is 0 Å². The summed E-state index contributed by atoms with van der Waals surface area (Å²) in [4.78, 5) is 23.1. The van der Waals surface area contributed by atoms with Gasteiger partial charge in [-0.25, -0.2) is 0 Å². The van der Waals surface area contributed by atoms with E-state index in [1.165, 1.54) is 24.1 Å². The number of halogens is 1. The lowest BCUT2D eigenvalue weighted by atomic mass is 10.2. The summed E-state index contributed by atoms with van der Waals surface area (Å²) in [5.41, 5.74) is -0.146. The Morgan fingerprint density at radius 2 is 2.24 bits per heavy atom. The number of amides is 1. The van der Waals surface area contributed by atoms with Crippen molar-refractivity contribution >= 4 is 23.2 Å². The van der Waals surface area contributed by atoms with Crippen molar-refractivity contribution in [2.24, 2.45) is 0 Å². The number of hydrogen-bond donors (Lipinski definition) is 1. The van der Waals surface area contributed by atoms with E-state index >= 15 is 0 Å². The first kappa shape index (κ1) is 13.4. The highest BCUT2D eigenvalue weighted by Crippen LogP contribution is 2.23. The summed E-state index contributed by atoms with van der Waals surface area (Å²) in [6.45, 7) is -0.0490. The Labute approximate surface area is 103 Å². The Morgan fingerprint density at radius 1 is 1.59 bits per heavy atom. The number of benzene rings is 1. The maximum atomic E-state index is 11.8. The first-order chi connectivity index (χ1) is 7.97. The van der Waals surface area contributed by atoms with Crippen LogP contribution in [0.15, 0.2) is 18.2 Å². The number of carbonyl (C=O) groups excluding carboxylic acids is 1. The SMILES string of the molecule is CN(CCO)C(=O)c1cc([N+](=O)[O-])ccc1Cl. The average molecular weight is 259 g/mol. The number of nitro benzene ring substituents is 1. The Kier molecular flexibility index (Phi) is 4.42. The summed E-state index contributed by atoms with van der Waals surface area (Å²) < 4.78 is 0. The van der Waals surface area contributed by atoms with E-state index in [9.17, 15) is 14.9 Å². The summed E-state index contributed by atoms with van der Waals surface area (Å²) in [5.74, 6) is -0.465. The fraction of sp³-hybridized carbons (Fsp3) is 0.300. The largest absolute Gasteiger partial charge is 0.395 e. The molecule has 0 aromatic heterocycles. The van der Waals surface area contributed by atoms with Gasteiger partial charge in [-0.05, 0) is 6.07 Å². The monoisotopic (exact) mass is 258 g/mol. The van der Waals surface area contributed by atoms with Gasteiger partial charge in [0, 0.05) is 25.7 Å². The van der Waals surface area contributed by atoms with Gasteiger partial charge < -0.3 is 10.0 Å². The van der Waals surface area contributed by atoms with Crippen molar-refractivity contribution in [2.75, 3.05) is 20.2 Å². The van der Waals surface area contributed by atoms with Crippen molar-refractivity contribution < 1.29 is 14.8 Å². The highest BCUT2D eigenvalue weighted by atomic mass is 35.5.